The van der Waals surface area contributed by atoms with E-state index in [0.717, 1.165) is 0 Å². The van der Waals surface area contributed by atoms with Gasteiger partial charge in [0.1, 0.15) is 0 Å². The normalized spacial score (nSPS) is 9.67. The van der Waals surface area contributed by atoms with Gasteiger partial charge in [0, 0.05) is 37.4 Å². The van der Waals surface area contributed by atoms with E-state index in [1.165, 1.54) is 22.4 Å². The Balaban J connectivity index is 2.79. The van der Waals surface area contributed by atoms with E-state index in [9.17, 15) is 9.59 Å². The molecular formula is C8H11N5O2. The van der Waals surface area contributed by atoms with Crippen LogP contribution in [0.25, 0.3) is 10.4 Å². The molecule has 0 saturated carbocycles. The zero-order valence-corrected chi connectivity index (χ0v) is 8.33. The quantitative estimate of drug-likeness (QED) is 0.233. The van der Waals surface area contributed by atoms with Gasteiger partial charge >= 0.3 is 11.1 Å². The largest absolute Gasteiger partial charge is 0.316 e. The summed E-state index contributed by atoms with van der Waals surface area (Å²) in [6.07, 6.45) is 3.61. The molecule has 0 radical (unpaired) electrons. The summed E-state index contributed by atoms with van der Waals surface area (Å²) in [5, 5.41) is 3.34. The summed E-state index contributed by atoms with van der Waals surface area (Å²) in [7, 11) is 1.52. The van der Waals surface area contributed by atoms with E-state index in [0.29, 0.717) is 19.5 Å². The molecule has 1 rings (SSSR count). The lowest BCUT2D eigenvalue weighted by Crippen LogP contribution is -2.39. The van der Waals surface area contributed by atoms with Gasteiger partial charge in [-0.25, -0.2) is 0 Å². The topological polar surface area (TPSA) is 92.8 Å². The molecule has 0 bridgehead atoms. The molecule has 7 nitrogen and oxygen atoms in total. The first kappa shape index (κ1) is 11.1. The van der Waals surface area contributed by atoms with E-state index in [1.807, 2.05) is 0 Å². The van der Waals surface area contributed by atoms with Crippen LogP contribution in [0.2, 0.25) is 0 Å². The molecule has 0 unspecified atom stereocenters. The van der Waals surface area contributed by atoms with Gasteiger partial charge in [-0.1, -0.05) is 5.11 Å². The highest BCUT2D eigenvalue weighted by Crippen LogP contribution is 1.86. The van der Waals surface area contributed by atoms with Crippen LogP contribution in [0.1, 0.15) is 6.42 Å². The first-order chi connectivity index (χ1) is 7.16. The van der Waals surface area contributed by atoms with Gasteiger partial charge in [0.2, 0.25) is 0 Å². The van der Waals surface area contributed by atoms with Crippen LogP contribution in [0, 0.1) is 0 Å². The van der Waals surface area contributed by atoms with Gasteiger partial charge in [0.25, 0.3) is 0 Å². The molecule has 0 amide bonds. The van der Waals surface area contributed by atoms with E-state index >= 15 is 0 Å². The van der Waals surface area contributed by atoms with Crippen molar-refractivity contribution in [2.24, 2.45) is 12.2 Å². The second-order valence-electron chi connectivity index (χ2n) is 3.02. The molecule has 0 aliphatic heterocycles. The van der Waals surface area contributed by atoms with Crippen molar-refractivity contribution in [2.45, 2.75) is 13.0 Å². The molecule has 0 aliphatic rings. The maximum absolute atomic E-state index is 11.4. The highest BCUT2D eigenvalue weighted by Gasteiger charge is 2.00. The van der Waals surface area contributed by atoms with E-state index in [2.05, 4.69) is 10.0 Å². The van der Waals surface area contributed by atoms with E-state index in [1.54, 1.807) is 6.20 Å². The third kappa shape index (κ3) is 2.72. The fraction of sp³-hybridized carbons (Fsp3) is 0.500. The summed E-state index contributed by atoms with van der Waals surface area (Å²) >= 11 is 0. The van der Waals surface area contributed by atoms with Gasteiger partial charge in [0.15, 0.2) is 0 Å². The monoisotopic (exact) mass is 209 g/mol. The summed E-state index contributed by atoms with van der Waals surface area (Å²) in [5.74, 6) is 0. The Bertz CT molecular complexity index is 494. The molecule has 80 valence electrons. The first-order valence-electron chi connectivity index (χ1n) is 4.43. The highest BCUT2D eigenvalue weighted by molar-refractivity contribution is 4.84. The van der Waals surface area contributed by atoms with Crippen LogP contribution >= 0.6 is 0 Å². The minimum atomic E-state index is -0.555. The Morgan fingerprint density at radius 3 is 2.80 bits per heavy atom. The van der Waals surface area contributed by atoms with Gasteiger partial charge in [-0.2, -0.15) is 0 Å². The average Bonchev–Trinajstić information content (AvgIpc) is 2.24. The number of aryl methyl sites for hydroxylation is 2. The van der Waals surface area contributed by atoms with Crippen molar-refractivity contribution >= 4 is 0 Å². The predicted molar refractivity (Wildman–Crippen MR) is 54.6 cm³/mol. The van der Waals surface area contributed by atoms with Crippen LogP contribution < -0.4 is 11.1 Å². The lowest BCUT2D eigenvalue weighted by atomic mass is 10.4. The van der Waals surface area contributed by atoms with Gasteiger partial charge in [-0.15, -0.1) is 0 Å². The van der Waals surface area contributed by atoms with Crippen molar-refractivity contribution in [3.63, 3.8) is 0 Å². The maximum Gasteiger partial charge on any atom is 0.316 e. The smallest absolute Gasteiger partial charge is 0.312 e. The summed E-state index contributed by atoms with van der Waals surface area (Å²) in [5.41, 5.74) is 6.93. The minimum Gasteiger partial charge on any atom is -0.312 e. The van der Waals surface area contributed by atoms with Crippen molar-refractivity contribution in [3.8, 4) is 0 Å². The molecule has 0 saturated heterocycles. The van der Waals surface area contributed by atoms with Crippen molar-refractivity contribution < 1.29 is 0 Å². The van der Waals surface area contributed by atoms with E-state index in [-0.39, 0.29) is 0 Å². The van der Waals surface area contributed by atoms with Gasteiger partial charge in [-0.05, 0) is 12.0 Å². The summed E-state index contributed by atoms with van der Waals surface area (Å²) in [6, 6.07) is 0. The molecule has 0 N–H and O–H groups in total. The Kier molecular flexibility index (Phi) is 3.70. The van der Waals surface area contributed by atoms with Crippen molar-refractivity contribution in [1.82, 2.24) is 9.13 Å². The lowest BCUT2D eigenvalue weighted by molar-refractivity contribution is 0.605. The first-order valence-corrected chi connectivity index (χ1v) is 4.43. The summed E-state index contributed by atoms with van der Waals surface area (Å²) < 4.78 is 2.54. The zero-order valence-electron chi connectivity index (χ0n) is 8.33. The van der Waals surface area contributed by atoms with Crippen LogP contribution in [0.5, 0.6) is 0 Å². The van der Waals surface area contributed by atoms with Gasteiger partial charge in [-0.3, -0.25) is 9.59 Å². The number of hydrogen-bond donors (Lipinski definition) is 0. The van der Waals surface area contributed by atoms with Crippen molar-refractivity contribution in [3.05, 3.63) is 43.5 Å². The van der Waals surface area contributed by atoms with E-state index < -0.39 is 11.1 Å². The Hall–Kier alpha value is -2.01. The third-order valence-electron chi connectivity index (χ3n) is 1.95. The molecule has 1 heterocycles. The molecular weight excluding hydrogens is 198 g/mol. The minimum absolute atomic E-state index is 0.318. The van der Waals surface area contributed by atoms with Crippen LogP contribution in [-0.4, -0.2) is 15.7 Å². The van der Waals surface area contributed by atoms with Crippen LogP contribution in [-0.2, 0) is 13.6 Å². The predicted octanol–water partition coefficient (Wildman–Crippen LogP) is 0.247. The molecule has 0 aliphatic carbocycles. The standard InChI is InChI=1S/C8H11N5O2/c1-12-5-6-13(8(15)7(12)14)4-2-3-10-11-9/h5-6H,2-4H2,1H3. The second-order valence-corrected chi connectivity index (χ2v) is 3.02. The molecule has 0 spiro atoms. The SMILES string of the molecule is Cn1ccn(CCCN=[N+]=[N-])c(=O)c1=O. The summed E-state index contributed by atoms with van der Waals surface area (Å²) in [6.45, 7) is 0.700. The lowest BCUT2D eigenvalue weighted by Gasteiger charge is -2.03. The van der Waals surface area contributed by atoms with Gasteiger partial charge < -0.3 is 9.13 Å². The Morgan fingerprint density at radius 1 is 1.40 bits per heavy atom. The Labute approximate surface area is 85.2 Å². The molecule has 1 aromatic heterocycles. The molecule has 7 heteroatoms. The number of rotatable bonds is 4. The van der Waals surface area contributed by atoms with Crippen molar-refractivity contribution in [2.75, 3.05) is 6.54 Å². The zero-order chi connectivity index (χ0) is 11.3. The highest BCUT2D eigenvalue weighted by atomic mass is 16.2. The number of azide groups is 1. The van der Waals surface area contributed by atoms with Crippen molar-refractivity contribution in [1.29, 1.82) is 0 Å². The number of nitrogens with zero attached hydrogens (tertiary/aromatic N) is 5. The fourth-order valence-electron chi connectivity index (χ4n) is 1.12. The molecule has 0 fully saturated rings. The maximum atomic E-state index is 11.4. The summed E-state index contributed by atoms with van der Waals surface area (Å²) in [4.78, 5) is 25.2. The van der Waals surface area contributed by atoms with Crippen LogP contribution in [0.4, 0.5) is 0 Å². The Morgan fingerprint density at radius 2 is 2.13 bits per heavy atom. The molecule has 0 atom stereocenters. The van der Waals surface area contributed by atoms with E-state index in [4.69, 9.17) is 5.53 Å². The molecule has 15 heavy (non-hydrogen) atoms. The van der Waals surface area contributed by atoms with Crippen LogP contribution in [0.15, 0.2) is 27.1 Å². The molecule has 0 aromatic carbocycles. The third-order valence-corrected chi connectivity index (χ3v) is 1.95. The van der Waals surface area contributed by atoms with Gasteiger partial charge in [0.05, 0.1) is 0 Å². The van der Waals surface area contributed by atoms with Crippen LogP contribution in [0.3, 0.4) is 0 Å². The number of hydrogen-bond acceptors (Lipinski definition) is 3. The molecule has 1 aromatic rings. The number of aromatic nitrogens is 2. The second kappa shape index (κ2) is 5.02. The fourth-order valence-corrected chi connectivity index (χ4v) is 1.12. The average molecular weight is 209 g/mol.